The van der Waals surface area contributed by atoms with Crippen LogP contribution in [0.4, 0.5) is 0 Å². The third-order valence-electron chi connectivity index (χ3n) is 3.25. The number of hydrogen-bond acceptors (Lipinski definition) is 3. The van der Waals surface area contributed by atoms with Gasteiger partial charge >= 0.3 is 5.97 Å². The minimum atomic E-state index is -0.281. The SMILES string of the molecule is C=CCOc1c(C(C)C)cc(C(=O)OCC)cc1C(C)C. The van der Waals surface area contributed by atoms with Gasteiger partial charge in [0.15, 0.2) is 0 Å². The van der Waals surface area contributed by atoms with E-state index in [-0.39, 0.29) is 17.8 Å². The standard InChI is InChI=1S/C18H26O3/c1-7-9-21-17-15(12(3)4)10-14(18(19)20-8-2)11-16(17)13(5)6/h7,10-13H,1,8-9H2,2-6H3. The Balaban J connectivity index is 3.40. The largest absolute Gasteiger partial charge is 0.489 e. The maximum absolute atomic E-state index is 12.0. The first kappa shape index (κ1) is 17.3. The van der Waals surface area contributed by atoms with E-state index >= 15 is 0 Å². The van der Waals surface area contributed by atoms with Crippen molar-refractivity contribution in [2.75, 3.05) is 13.2 Å². The fourth-order valence-corrected chi connectivity index (χ4v) is 2.17. The Morgan fingerprint density at radius 3 is 2.10 bits per heavy atom. The lowest BCUT2D eigenvalue weighted by Crippen LogP contribution is -2.10. The van der Waals surface area contributed by atoms with E-state index in [0.717, 1.165) is 16.9 Å². The summed E-state index contributed by atoms with van der Waals surface area (Å²) in [6, 6.07) is 3.76. The van der Waals surface area contributed by atoms with E-state index in [9.17, 15) is 4.79 Å². The van der Waals surface area contributed by atoms with Gasteiger partial charge in [-0.3, -0.25) is 0 Å². The van der Waals surface area contributed by atoms with Crippen LogP contribution < -0.4 is 4.74 Å². The molecule has 3 nitrogen and oxygen atoms in total. The highest BCUT2D eigenvalue weighted by Crippen LogP contribution is 2.36. The molecular weight excluding hydrogens is 264 g/mol. The van der Waals surface area contributed by atoms with E-state index in [1.165, 1.54) is 0 Å². The topological polar surface area (TPSA) is 35.5 Å². The van der Waals surface area contributed by atoms with Crippen molar-refractivity contribution in [3.8, 4) is 5.75 Å². The number of carbonyl (C=O) groups excluding carboxylic acids is 1. The summed E-state index contributed by atoms with van der Waals surface area (Å²) in [4.78, 5) is 12.0. The summed E-state index contributed by atoms with van der Waals surface area (Å²) in [6.45, 7) is 14.7. The van der Waals surface area contributed by atoms with E-state index < -0.39 is 0 Å². The second kappa shape index (κ2) is 7.87. The number of carbonyl (C=O) groups is 1. The predicted octanol–water partition coefficient (Wildman–Crippen LogP) is 4.67. The summed E-state index contributed by atoms with van der Waals surface area (Å²) < 4.78 is 11.0. The first-order valence-corrected chi connectivity index (χ1v) is 7.50. The Morgan fingerprint density at radius 2 is 1.71 bits per heavy atom. The molecule has 0 atom stereocenters. The molecule has 0 bridgehead atoms. The molecule has 0 saturated heterocycles. The van der Waals surface area contributed by atoms with Crippen LogP contribution in [-0.2, 0) is 4.74 Å². The number of benzene rings is 1. The summed E-state index contributed by atoms with van der Waals surface area (Å²) in [5.41, 5.74) is 2.66. The molecule has 0 N–H and O–H groups in total. The highest BCUT2D eigenvalue weighted by molar-refractivity contribution is 5.90. The van der Waals surface area contributed by atoms with Crippen molar-refractivity contribution in [1.29, 1.82) is 0 Å². The maximum Gasteiger partial charge on any atom is 0.338 e. The molecule has 116 valence electrons. The van der Waals surface area contributed by atoms with Crippen molar-refractivity contribution in [3.63, 3.8) is 0 Å². The minimum absolute atomic E-state index is 0.261. The molecule has 0 amide bonds. The average Bonchev–Trinajstić information content (AvgIpc) is 2.44. The number of esters is 1. The molecule has 0 radical (unpaired) electrons. The highest BCUT2D eigenvalue weighted by Gasteiger charge is 2.20. The summed E-state index contributed by atoms with van der Waals surface area (Å²) in [5.74, 6) is 1.11. The Kier molecular flexibility index (Phi) is 6.47. The van der Waals surface area contributed by atoms with E-state index in [0.29, 0.717) is 18.8 Å². The fraction of sp³-hybridized carbons (Fsp3) is 0.500. The van der Waals surface area contributed by atoms with Crippen molar-refractivity contribution >= 4 is 5.97 Å². The van der Waals surface area contributed by atoms with Crippen LogP contribution in [-0.4, -0.2) is 19.2 Å². The van der Waals surface area contributed by atoms with Crippen molar-refractivity contribution < 1.29 is 14.3 Å². The lowest BCUT2D eigenvalue weighted by atomic mass is 9.91. The molecule has 0 heterocycles. The van der Waals surface area contributed by atoms with Crippen molar-refractivity contribution in [2.24, 2.45) is 0 Å². The van der Waals surface area contributed by atoms with Crippen molar-refractivity contribution in [2.45, 2.75) is 46.5 Å². The van der Waals surface area contributed by atoms with Crippen LogP contribution in [0.2, 0.25) is 0 Å². The molecule has 0 aliphatic rings. The zero-order chi connectivity index (χ0) is 16.0. The Hall–Kier alpha value is -1.77. The average molecular weight is 290 g/mol. The van der Waals surface area contributed by atoms with Crippen LogP contribution in [0.15, 0.2) is 24.8 Å². The Labute approximate surface area is 128 Å². The molecule has 0 fully saturated rings. The summed E-state index contributed by atoms with van der Waals surface area (Å²) in [7, 11) is 0. The van der Waals surface area contributed by atoms with Gasteiger partial charge in [-0.25, -0.2) is 4.79 Å². The van der Waals surface area contributed by atoms with Gasteiger partial charge in [0.25, 0.3) is 0 Å². The van der Waals surface area contributed by atoms with Crippen molar-refractivity contribution in [1.82, 2.24) is 0 Å². The highest BCUT2D eigenvalue weighted by atomic mass is 16.5. The van der Waals surface area contributed by atoms with E-state index in [2.05, 4.69) is 34.3 Å². The second-order valence-corrected chi connectivity index (χ2v) is 5.61. The van der Waals surface area contributed by atoms with Crippen LogP contribution >= 0.6 is 0 Å². The quantitative estimate of drug-likeness (QED) is 0.540. The third-order valence-corrected chi connectivity index (χ3v) is 3.25. The molecule has 0 aliphatic carbocycles. The third kappa shape index (κ3) is 4.35. The van der Waals surface area contributed by atoms with Gasteiger partial charge in [-0.2, -0.15) is 0 Å². The van der Waals surface area contributed by atoms with Gasteiger partial charge in [0.1, 0.15) is 12.4 Å². The molecule has 1 aromatic carbocycles. The van der Waals surface area contributed by atoms with Crippen molar-refractivity contribution in [3.05, 3.63) is 41.5 Å². The number of hydrogen-bond donors (Lipinski definition) is 0. The maximum atomic E-state index is 12.0. The lowest BCUT2D eigenvalue weighted by molar-refractivity contribution is 0.0526. The summed E-state index contributed by atoms with van der Waals surface area (Å²) >= 11 is 0. The van der Waals surface area contributed by atoms with E-state index in [1.54, 1.807) is 6.08 Å². The van der Waals surface area contributed by atoms with Crippen LogP contribution in [0.5, 0.6) is 5.75 Å². The van der Waals surface area contributed by atoms with E-state index in [4.69, 9.17) is 9.47 Å². The first-order chi connectivity index (χ1) is 9.92. The number of ether oxygens (including phenoxy) is 2. The van der Waals surface area contributed by atoms with Crippen LogP contribution in [0.1, 0.15) is 67.9 Å². The zero-order valence-corrected chi connectivity index (χ0v) is 13.7. The molecule has 0 unspecified atom stereocenters. The fourth-order valence-electron chi connectivity index (χ4n) is 2.17. The van der Waals surface area contributed by atoms with Crippen LogP contribution in [0.3, 0.4) is 0 Å². The Bertz CT molecular complexity index is 472. The van der Waals surface area contributed by atoms with Gasteiger partial charge in [-0.1, -0.05) is 40.3 Å². The number of rotatable bonds is 7. The molecule has 0 spiro atoms. The van der Waals surface area contributed by atoms with E-state index in [1.807, 2.05) is 19.1 Å². The normalized spacial score (nSPS) is 10.8. The Morgan fingerprint density at radius 1 is 1.19 bits per heavy atom. The zero-order valence-electron chi connectivity index (χ0n) is 13.7. The lowest BCUT2D eigenvalue weighted by Gasteiger charge is -2.21. The van der Waals surface area contributed by atoms with Gasteiger partial charge < -0.3 is 9.47 Å². The molecular formula is C18H26O3. The minimum Gasteiger partial charge on any atom is -0.489 e. The van der Waals surface area contributed by atoms with Gasteiger partial charge in [-0.05, 0) is 42.0 Å². The smallest absolute Gasteiger partial charge is 0.338 e. The van der Waals surface area contributed by atoms with Gasteiger partial charge in [0.05, 0.1) is 12.2 Å². The monoisotopic (exact) mass is 290 g/mol. The molecule has 0 aliphatic heterocycles. The molecule has 3 heteroatoms. The molecule has 0 aromatic heterocycles. The van der Waals surface area contributed by atoms with Gasteiger partial charge in [0, 0.05) is 0 Å². The summed E-state index contributed by atoms with van der Waals surface area (Å²) in [5, 5.41) is 0. The second-order valence-electron chi connectivity index (χ2n) is 5.61. The summed E-state index contributed by atoms with van der Waals surface area (Å²) in [6.07, 6.45) is 1.73. The molecule has 0 saturated carbocycles. The van der Waals surface area contributed by atoms with Gasteiger partial charge in [-0.15, -0.1) is 0 Å². The van der Waals surface area contributed by atoms with Gasteiger partial charge in [0.2, 0.25) is 0 Å². The van der Waals surface area contributed by atoms with Crippen LogP contribution in [0, 0.1) is 0 Å². The van der Waals surface area contributed by atoms with Crippen LogP contribution in [0.25, 0.3) is 0 Å². The first-order valence-electron chi connectivity index (χ1n) is 7.50. The molecule has 21 heavy (non-hydrogen) atoms. The molecule has 1 aromatic rings. The predicted molar refractivity (Wildman–Crippen MR) is 86.3 cm³/mol. The molecule has 1 rings (SSSR count).